The maximum Gasteiger partial charge on any atom is 0.0645 e. The topological polar surface area (TPSA) is 50.1 Å². The van der Waals surface area contributed by atoms with Crippen LogP contribution in [0.5, 0.6) is 0 Å². The van der Waals surface area contributed by atoms with Gasteiger partial charge in [-0.3, -0.25) is 0 Å². The molecular weight excluding hydrogens is 226 g/mol. The highest BCUT2D eigenvalue weighted by Crippen LogP contribution is 2.11. The minimum atomic E-state index is -0.325. The Morgan fingerprint density at radius 2 is 2.06 bits per heavy atom. The number of nitrogens with zero attached hydrogens (tertiary/aromatic N) is 2. The van der Waals surface area contributed by atoms with E-state index < -0.39 is 0 Å². The quantitative estimate of drug-likeness (QED) is 0.842. The molecule has 0 saturated carbocycles. The van der Waals surface area contributed by atoms with Gasteiger partial charge < -0.3 is 10.4 Å². The Morgan fingerprint density at radius 3 is 2.72 bits per heavy atom. The number of rotatable bonds is 5. The van der Waals surface area contributed by atoms with Crippen molar-refractivity contribution in [3.05, 3.63) is 47.8 Å². The molecule has 4 nitrogen and oxygen atoms in total. The number of aromatic nitrogens is 2. The lowest BCUT2D eigenvalue weighted by atomic mass is 10.2. The van der Waals surface area contributed by atoms with Gasteiger partial charge >= 0.3 is 0 Å². The molecule has 0 amide bonds. The first-order valence-corrected chi connectivity index (χ1v) is 6.16. The first kappa shape index (κ1) is 12.8. The third kappa shape index (κ3) is 3.18. The molecule has 1 aromatic heterocycles. The summed E-state index contributed by atoms with van der Waals surface area (Å²) in [4.78, 5) is 0. The van der Waals surface area contributed by atoms with Crippen LogP contribution in [0.2, 0.25) is 0 Å². The lowest BCUT2D eigenvalue weighted by Gasteiger charge is -2.05. The van der Waals surface area contributed by atoms with Crippen molar-refractivity contribution in [2.45, 2.75) is 26.5 Å². The predicted octanol–water partition coefficient (Wildman–Crippen LogP) is 1.65. The van der Waals surface area contributed by atoms with Crippen molar-refractivity contribution in [2.24, 2.45) is 0 Å². The van der Waals surface area contributed by atoms with Gasteiger partial charge in [-0.15, -0.1) is 0 Å². The van der Waals surface area contributed by atoms with E-state index in [1.165, 1.54) is 0 Å². The fourth-order valence-electron chi connectivity index (χ4n) is 1.80. The fourth-order valence-corrected chi connectivity index (χ4v) is 1.80. The Kier molecular flexibility index (Phi) is 4.12. The van der Waals surface area contributed by atoms with Crippen molar-refractivity contribution < 1.29 is 5.11 Å². The summed E-state index contributed by atoms with van der Waals surface area (Å²) >= 11 is 0. The highest BCUT2D eigenvalue weighted by molar-refractivity contribution is 5.32. The Hall–Kier alpha value is -1.65. The number of hydrogen-bond acceptors (Lipinski definition) is 3. The van der Waals surface area contributed by atoms with Crippen LogP contribution < -0.4 is 5.32 Å². The molecule has 2 rings (SSSR count). The van der Waals surface area contributed by atoms with Crippen molar-refractivity contribution in [1.82, 2.24) is 15.1 Å². The number of benzene rings is 1. The predicted molar refractivity (Wildman–Crippen MR) is 71.7 cm³/mol. The molecule has 1 atom stereocenters. The lowest BCUT2D eigenvalue weighted by Crippen LogP contribution is -2.23. The van der Waals surface area contributed by atoms with Crippen LogP contribution >= 0.6 is 0 Å². The monoisotopic (exact) mass is 245 g/mol. The van der Waals surface area contributed by atoms with E-state index in [-0.39, 0.29) is 6.10 Å². The van der Waals surface area contributed by atoms with Crippen LogP contribution in [0, 0.1) is 6.92 Å². The second-order valence-electron chi connectivity index (χ2n) is 4.50. The van der Waals surface area contributed by atoms with Gasteiger partial charge in [-0.05, 0) is 26.0 Å². The Bertz CT molecular complexity index is 491. The number of hydrogen-bond donors (Lipinski definition) is 2. The van der Waals surface area contributed by atoms with E-state index in [1.54, 1.807) is 6.92 Å². The van der Waals surface area contributed by atoms with Gasteiger partial charge in [0.25, 0.3) is 0 Å². The molecule has 96 valence electrons. The van der Waals surface area contributed by atoms with E-state index >= 15 is 0 Å². The van der Waals surface area contributed by atoms with Crippen LogP contribution in [0.15, 0.2) is 36.5 Å². The molecule has 18 heavy (non-hydrogen) atoms. The maximum atomic E-state index is 9.20. The summed E-state index contributed by atoms with van der Waals surface area (Å²) in [7, 11) is 0. The molecule has 0 fully saturated rings. The standard InChI is InChI=1S/C14H19N3O/c1-11(18)8-15-9-13-10-17(16-12(13)2)14-6-4-3-5-7-14/h3-7,10-11,15,18H,8-9H2,1-2H3. The van der Waals surface area contributed by atoms with Crippen molar-refractivity contribution in [3.63, 3.8) is 0 Å². The van der Waals surface area contributed by atoms with E-state index in [4.69, 9.17) is 0 Å². The molecule has 2 N–H and O–H groups in total. The van der Waals surface area contributed by atoms with Crippen molar-refractivity contribution in [3.8, 4) is 5.69 Å². The summed E-state index contributed by atoms with van der Waals surface area (Å²) in [5.41, 5.74) is 3.22. The third-order valence-electron chi connectivity index (χ3n) is 2.78. The summed E-state index contributed by atoms with van der Waals surface area (Å²) in [6.07, 6.45) is 1.70. The van der Waals surface area contributed by atoms with E-state index in [2.05, 4.69) is 10.4 Å². The van der Waals surface area contributed by atoms with Gasteiger partial charge in [-0.2, -0.15) is 5.10 Å². The molecule has 0 aliphatic carbocycles. The van der Waals surface area contributed by atoms with Gasteiger partial charge in [-0.1, -0.05) is 18.2 Å². The Labute approximate surface area is 107 Å². The molecule has 0 radical (unpaired) electrons. The van der Waals surface area contributed by atoms with E-state index in [0.717, 1.165) is 23.5 Å². The summed E-state index contributed by atoms with van der Waals surface area (Å²) in [6.45, 7) is 5.09. The first-order valence-electron chi connectivity index (χ1n) is 6.16. The van der Waals surface area contributed by atoms with Gasteiger partial charge in [0.05, 0.1) is 17.5 Å². The summed E-state index contributed by atoms with van der Waals surface area (Å²) < 4.78 is 1.88. The average Bonchev–Trinajstić information content (AvgIpc) is 2.72. The molecule has 0 spiro atoms. The van der Waals surface area contributed by atoms with Crippen LogP contribution in [0.4, 0.5) is 0 Å². The van der Waals surface area contributed by atoms with Crippen LogP contribution in [-0.4, -0.2) is 27.5 Å². The molecule has 0 saturated heterocycles. The normalized spacial score (nSPS) is 12.6. The van der Waals surface area contributed by atoms with E-state index in [1.807, 2.05) is 48.1 Å². The molecule has 1 heterocycles. The molecule has 4 heteroatoms. The number of aliphatic hydroxyl groups excluding tert-OH is 1. The molecule has 1 unspecified atom stereocenters. The van der Waals surface area contributed by atoms with Gasteiger partial charge in [0, 0.05) is 24.8 Å². The molecule has 0 aliphatic heterocycles. The molecular formula is C14H19N3O. The first-order chi connectivity index (χ1) is 8.66. The van der Waals surface area contributed by atoms with Crippen molar-refractivity contribution in [2.75, 3.05) is 6.54 Å². The van der Waals surface area contributed by atoms with E-state index in [9.17, 15) is 5.11 Å². The van der Waals surface area contributed by atoms with Crippen LogP contribution in [0.3, 0.4) is 0 Å². The van der Waals surface area contributed by atoms with Gasteiger partial charge in [0.15, 0.2) is 0 Å². The number of aryl methyl sites for hydroxylation is 1. The number of aliphatic hydroxyl groups is 1. The Morgan fingerprint density at radius 1 is 1.33 bits per heavy atom. The Balaban J connectivity index is 2.08. The third-order valence-corrected chi connectivity index (χ3v) is 2.78. The minimum Gasteiger partial charge on any atom is -0.392 e. The van der Waals surface area contributed by atoms with Crippen molar-refractivity contribution in [1.29, 1.82) is 0 Å². The highest BCUT2D eigenvalue weighted by Gasteiger charge is 2.06. The van der Waals surface area contributed by atoms with Crippen LogP contribution in [0.1, 0.15) is 18.2 Å². The second-order valence-corrected chi connectivity index (χ2v) is 4.50. The van der Waals surface area contributed by atoms with Gasteiger partial charge in [0.2, 0.25) is 0 Å². The summed E-state index contributed by atoms with van der Waals surface area (Å²) in [6, 6.07) is 10.0. The number of para-hydroxylation sites is 1. The zero-order valence-electron chi connectivity index (χ0n) is 10.8. The summed E-state index contributed by atoms with van der Waals surface area (Å²) in [5, 5.41) is 16.9. The molecule has 1 aromatic carbocycles. The van der Waals surface area contributed by atoms with Crippen LogP contribution in [-0.2, 0) is 6.54 Å². The zero-order valence-corrected chi connectivity index (χ0v) is 10.8. The number of nitrogens with one attached hydrogen (secondary N) is 1. The minimum absolute atomic E-state index is 0.325. The van der Waals surface area contributed by atoms with Gasteiger partial charge in [0.1, 0.15) is 0 Å². The largest absolute Gasteiger partial charge is 0.392 e. The smallest absolute Gasteiger partial charge is 0.0645 e. The lowest BCUT2D eigenvalue weighted by molar-refractivity contribution is 0.191. The highest BCUT2D eigenvalue weighted by atomic mass is 16.3. The van der Waals surface area contributed by atoms with Crippen LogP contribution in [0.25, 0.3) is 5.69 Å². The average molecular weight is 245 g/mol. The maximum absolute atomic E-state index is 9.20. The van der Waals surface area contributed by atoms with E-state index in [0.29, 0.717) is 6.54 Å². The SMILES string of the molecule is Cc1nn(-c2ccccc2)cc1CNCC(C)O. The van der Waals surface area contributed by atoms with Crippen molar-refractivity contribution >= 4 is 0 Å². The van der Waals surface area contributed by atoms with Gasteiger partial charge in [-0.25, -0.2) is 4.68 Å². The molecule has 0 aliphatic rings. The summed E-state index contributed by atoms with van der Waals surface area (Å²) in [5.74, 6) is 0. The fraction of sp³-hybridized carbons (Fsp3) is 0.357. The second kappa shape index (κ2) is 5.80. The zero-order chi connectivity index (χ0) is 13.0. The molecule has 2 aromatic rings. The molecule has 0 bridgehead atoms.